The van der Waals surface area contributed by atoms with Crippen LogP contribution in [0.1, 0.15) is 22.3 Å². The fourth-order valence-electron chi connectivity index (χ4n) is 5.43. The Morgan fingerprint density at radius 3 is 1.50 bits per heavy atom. The molecular weight excluding hydrogens is 353 g/mol. The first-order chi connectivity index (χ1) is 13.7. The van der Waals surface area contributed by atoms with Gasteiger partial charge >= 0.3 is 16.5 Å². The van der Waals surface area contributed by atoms with Crippen LogP contribution in [0, 0.1) is 0 Å². The van der Waals surface area contributed by atoms with E-state index < -0.39 is 0 Å². The summed E-state index contributed by atoms with van der Waals surface area (Å²) in [5.74, 6) is 0. The van der Waals surface area contributed by atoms with Gasteiger partial charge in [-0.25, -0.2) is 0 Å². The zero-order valence-electron chi connectivity index (χ0n) is 15.7. The molecule has 0 N–H and O–H groups in total. The first kappa shape index (κ1) is 16.2. The molecule has 4 aromatic rings. The number of fused-ring (bicyclic) bond motifs is 10. The molecule has 0 saturated heterocycles. The van der Waals surface area contributed by atoms with Crippen LogP contribution in [0.15, 0.2) is 91.0 Å². The first-order valence-corrected chi connectivity index (χ1v) is 10.2. The van der Waals surface area contributed by atoms with Gasteiger partial charge in [0, 0.05) is 11.3 Å². The van der Waals surface area contributed by atoms with Crippen LogP contribution in [0.25, 0.3) is 22.3 Å². The van der Waals surface area contributed by atoms with E-state index in [2.05, 4.69) is 118 Å². The normalized spacial score (nSPS) is 14.3. The molecular formula is C26H18AlN. The van der Waals surface area contributed by atoms with E-state index in [0.717, 1.165) is 0 Å². The molecule has 2 heteroatoms. The van der Waals surface area contributed by atoms with Crippen LogP contribution < -0.4 is 3.88 Å². The highest BCUT2D eigenvalue weighted by molar-refractivity contribution is 6.18. The Hall–Kier alpha value is -2.79. The van der Waals surface area contributed by atoms with Gasteiger partial charge in [-0.05, 0) is 52.1 Å². The number of hydrogen-bond donors (Lipinski definition) is 0. The SMILES string of the molecule is C[N]([Al])c1cccc2c1C1(c3ccccc3-c3ccccc31)c1ccccc1-2. The zero-order chi connectivity index (χ0) is 18.9. The van der Waals surface area contributed by atoms with Gasteiger partial charge in [0.05, 0.1) is 5.41 Å². The molecule has 1 nitrogen and oxygen atoms in total. The lowest BCUT2D eigenvalue weighted by Gasteiger charge is -2.34. The van der Waals surface area contributed by atoms with Crippen LogP contribution in [0.4, 0.5) is 5.69 Å². The van der Waals surface area contributed by atoms with Crippen LogP contribution in [-0.2, 0) is 5.41 Å². The standard InChI is InChI=1S/C26H18N.Al/c1-27-24-16-8-12-20-19-11-4-7-15-23(19)26(25(20)24)21-13-5-2-9-17(21)18-10-3-6-14-22(18)26;/h2-16H,1H3;/q-1;+1. The smallest absolute Gasteiger partial charge is 0.309 e. The lowest BCUT2D eigenvalue weighted by Crippen LogP contribution is -2.28. The fourth-order valence-corrected chi connectivity index (χ4v) is 5.64. The van der Waals surface area contributed by atoms with Gasteiger partial charge in [-0.3, -0.25) is 0 Å². The Morgan fingerprint density at radius 1 is 0.571 bits per heavy atom. The number of benzene rings is 4. The van der Waals surface area contributed by atoms with Crippen molar-refractivity contribution in [1.29, 1.82) is 0 Å². The van der Waals surface area contributed by atoms with E-state index >= 15 is 0 Å². The molecule has 0 bridgehead atoms. The molecule has 0 unspecified atom stereocenters. The number of hydrogen-bond acceptors (Lipinski definition) is 1. The van der Waals surface area contributed by atoms with E-state index in [1.165, 1.54) is 50.2 Å². The van der Waals surface area contributed by atoms with Gasteiger partial charge in [0.2, 0.25) is 0 Å². The summed E-state index contributed by atoms with van der Waals surface area (Å²) in [5.41, 5.74) is 11.9. The molecule has 0 aromatic heterocycles. The third-order valence-electron chi connectivity index (χ3n) is 6.37. The van der Waals surface area contributed by atoms with Gasteiger partial charge in [0.1, 0.15) is 0 Å². The van der Waals surface area contributed by atoms with Crippen LogP contribution in [0.5, 0.6) is 0 Å². The summed E-state index contributed by atoms with van der Waals surface area (Å²) in [6, 6.07) is 33.5. The molecule has 0 amide bonds. The molecule has 28 heavy (non-hydrogen) atoms. The maximum atomic E-state index is 2.85. The summed E-state index contributed by atoms with van der Waals surface area (Å²) in [4.78, 5) is 0. The maximum absolute atomic E-state index is 2.85. The molecule has 0 atom stereocenters. The Balaban J connectivity index is 1.88. The van der Waals surface area contributed by atoms with Crippen LogP contribution >= 0.6 is 0 Å². The molecule has 2 radical (unpaired) electrons. The number of rotatable bonds is 1. The van der Waals surface area contributed by atoms with Crippen molar-refractivity contribution in [3.05, 3.63) is 113 Å². The predicted octanol–water partition coefficient (Wildman–Crippen LogP) is 5.55. The van der Waals surface area contributed by atoms with E-state index in [4.69, 9.17) is 0 Å². The summed E-state index contributed by atoms with van der Waals surface area (Å²) < 4.78 is 2.18. The van der Waals surface area contributed by atoms with Crippen molar-refractivity contribution >= 4 is 22.2 Å². The quantitative estimate of drug-likeness (QED) is 0.343. The van der Waals surface area contributed by atoms with Crippen molar-refractivity contribution in [2.24, 2.45) is 0 Å². The third-order valence-corrected chi connectivity index (χ3v) is 6.65. The molecule has 4 aromatic carbocycles. The number of nitrogens with zero attached hydrogens (tertiary/aromatic N) is 1. The van der Waals surface area contributed by atoms with E-state index in [-0.39, 0.29) is 5.41 Å². The largest absolute Gasteiger partial charge is 0.481 e. The first-order valence-electron chi connectivity index (χ1n) is 9.66. The highest BCUT2D eigenvalue weighted by atomic mass is 27.1. The van der Waals surface area contributed by atoms with Crippen LogP contribution in [0.2, 0.25) is 0 Å². The van der Waals surface area contributed by atoms with E-state index in [1.54, 1.807) is 0 Å². The summed E-state index contributed by atoms with van der Waals surface area (Å²) >= 11 is 2.85. The van der Waals surface area contributed by atoms with Gasteiger partial charge in [-0.15, -0.1) is 0 Å². The Morgan fingerprint density at radius 2 is 1.00 bits per heavy atom. The maximum Gasteiger partial charge on any atom is 0.309 e. The van der Waals surface area contributed by atoms with Crippen molar-refractivity contribution in [2.45, 2.75) is 5.41 Å². The van der Waals surface area contributed by atoms with E-state index in [1.807, 2.05) is 0 Å². The average Bonchev–Trinajstić information content (AvgIpc) is 3.21. The molecule has 0 heterocycles. The van der Waals surface area contributed by atoms with Crippen molar-refractivity contribution < 1.29 is 0 Å². The monoisotopic (exact) mass is 371 g/mol. The minimum Gasteiger partial charge on any atom is -0.481 e. The fraction of sp³-hybridized carbons (Fsp3) is 0.0769. The molecule has 0 saturated carbocycles. The van der Waals surface area contributed by atoms with Crippen LogP contribution in [-0.4, -0.2) is 23.6 Å². The Labute approximate surface area is 173 Å². The van der Waals surface area contributed by atoms with Gasteiger partial charge in [-0.2, -0.15) is 0 Å². The summed E-state index contributed by atoms with van der Waals surface area (Å²) in [6.45, 7) is 0. The van der Waals surface area contributed by atoms with Gasteiger partial charge in [-0.1, -0.05) is 84.9 Å². The van der Waals surface area contributed by atoms with Crippen molar-refractivity contribution in [3.8, 4) is 22.3 Å². The summed E-state index contributed by atoms with van der Waals surface area (Å²) in [5, 5.41) is 0. The highest BCUT2D eigenvalue weighted by Crippen LogP contribution is 2.64. The average molecular weight is 371 g/mol. The molecule has 0 aliphatic heterocycles. The topological polar surface area (TPSA) is 3.24 Å². The highest BCUT2D eigenvalue weighted by Gasteiger charge is 2.52. The second-order valence-corrected chi connectivity index (χ2v) is 8.47. The van der Waals surface area contributed by atoms with E-state index in [0.29, 0.717) is 0 Å². The minimum absolute atomic E-state index is 0.263. The van der Waals surface area contributed by atoms with Crippen LogP contribution in [0.3, 0.4) is 0 Å². The van der Waals surface area contributed by atoms with Crippen molar-refractivity contribution in [2.75, 3.05) is 10.9 Å². The third kappa shape index (κ3) is 1.78. The number of anilines is 1. The van der Waals surface area contributed by atoms with Crippen molar-refractivity contribution in [1.82, 2.24) is 0 Å². The lowest BCUT2D eigenvalue weighted by molar-refractivity contribution is 0.793. The molecule has 1 spiro atoms. The Kier molecular flexibility index (Phi) is 3.25. The molecule has 6 rings (SSSR count). The second kappa shape index (κ2) is 5.61. The van der Waals surface area contributed by atoms with Crippen molar-refractivity contribution in [3.63, 3.8) is 0 Å². The zero-order valence-corrected chi connectivity index (χ0v) is 16.8. The predicted molar refractivity (Wildman–Crippen MR) is 117 cm³/mol. The summed E-state index contributed by atoms with van der Waals surface area (Å²) in [7, 11) is 2.11. The van der Waals surface area contributed by atoms with Gasteiger partial charge < -0.3 is 3.88 Å². The van der Waals surface area contributed by atoms with Gasteiger partial charge in [0.25, 0.3) is 0 Å². The molecule has 2 aliphatic carbocycles. The molecule has 0 fully saturated rings. The second-order valence-electron chi connectivity index (χ2n) is 7.70. The van der Waals surface area contributed by atoms with E-state index in [9.17, 15) is 0 Å². The molecule has 130 valence electrons. The van der Waals surface area contributed by atoms with Gasteiger partial charge in [0.15, 0.2) is 0 Å². The lowest BCUT2D eigenvalue weighted by atomic mass is 9.70. The molecule has 2 aliphatic rings. The minimum atomic E-state index is -0.263. The summed E-state index contributed by atoms with van der Waals surface area (Å²) in [6.07, 6.45) is 0. The Bertz CT molecular complexity index is 1190.